The standard InChI is InChI=1S/C13H11Cl3N2O2/c1-7-12(13(16)18-11(17-7)6-19-2)20-10-4-3-8(14)5-9(10)15/h3-5H,6H2,1-2H3. The molecule has 2 rings (SSSR count). The zero-order valence-electron chi connectivity index (χ0n) is 10.8. The molecule has 0 amide bonds. The van der Waals surface area contributed by atoms with Gasteiger partial charge in [-0.25, -0.2) is 9.97 Å². The zero-order chi connectivity index (χ0) is 14.7. The summed E-state index contributed by atoms with van der Waals surface area (Å²) < 4.78 is 10.6. The maximum atomic E-state index is 6.10. The molecule has 1 aromatic carbocycles. The van der Waals surface area contributed by atoms with Gasteiger partial charge < -0.3 is 9.47 Å². The Kier molecular flexibility index (Phi) is 5.05. The highest BCUT2D eigenvalue weighted by atomic mass is 35.5. The quantitative estimate of drug-likeness (QED) is 0.762. The monoisotopic (exact) mass is 332 g/mol. The van der Waals surface area contributed by atoms with Gasteiger partial charge >= 0.3 is 0 Å². The highest BCUT2D eigenvalue weighted by Crippen LogP contribution is 2.35. The van der Waals surface area contributed by atoms with E-state index in [4.69, 9.17) is 44.3 Å². The second kappa shape index (κ2) is 6.59. The number of aryl methyl sites for hydroxylation is 1. The predicted octanol–water partition coefficient (Wildman–Crippen LogP) is 4.68. The van der Waals surface area contributed by atoms with Gasteiger partial charge in [-0.3, -0.25) is 0 Å². The Bertz CT molecular complexity index is 612. The number of nitrogens with zero attached hydrogens (tertiary/aromatic N) is 2. The van der Waals surface area contributed by atoms with E-state index in [2.05, 4.69) is 9.97 Å². The SMILES string of the molecule is COCc1nc(C)c(Oc2ccc(Cl)cc2Cl)c(Cl)n1. The van der Waals surface area contributed by atoms with Crippen LogP contribution < -0.4 is 4.74 Å². The van der Waals surface area contributed by atoms with Crippen molar-refractivity contribution in [3.8, 4) is 11.5 Å². The molecule has 106 valence electrons. The molecule has 0 N–H and O–H groups in total. The van der Waals surface area contributed by atoms with Crippen molar-refractivity contribution in [3.05, 3.63) is 44.9 Å². The average Bonchev–Trinajstić information content (AvgIpc) is 2.36. The maximum absolute atomic E-state index is 6.10. The lowest BCUT2D eigenvalue weighted by Gasteiger charge is -2.12. The third-order valence-electron chi connectivity index (χ3n) is 2.42. The minimum atomic E-state index is 0.204. The van der Waals surface area contributed by atoms with E-state index in [-0.39, 0.29) is 11.8 Å². The van der Waals surface area contributed by atoms with Gasteiger partial charge in [0, 0.05) is 12.1 Å². The van der Waals surface area contributed by atoms with E-state index in [1.165, 1.54) is 0 Å². The fourth-order valence-electron chi connectivity index (χ4n) is 1.56. The minimum absolute atomic E-state index is 0.204. The van der Waals surface area contributed by atoms with E-state index in [0.717, 1.165) is 0 Å². The predicted molar refractivity (Wildman–Crippen MR) is 79.0 cm³/mol. The molecule has 0 aliphatic carbocycles. The molecule has 0 unspecified atom stereocenters. The summed E-state index contributed by atoms with van der Waals surface area (Å²) in [6.07, 6.45) is 0. The van der Waals surface area contributed by atoms with Crippen LogP contribution in [-0.4, -0.2) is 17.1 Å². The van der Waals surface area contributed by atoms with Gasteiger partial charge in [0.1, 0.15) is 12.4 Å². The van der Waals surface area contributed by atoms with E-state index in [1.807, 2.05) is 0 Å². The Balaban J connectivity index is 2.33. The second-order valence-electron chi connectivity index (χ2n) is 3.95. The lowest BCUT2D eigenvalue weighted by Crippen LogP contribution is -2.02. The summed E-state index contributed by atoms with van der Waals surface area (Å²) in [4.78, 5) is 8.35. The van der Waals surface area contributed by atoms with E-state index in [1.54, 1.807) is 32.2 Å². The molecule has 0 saturated carbocycles. The summed E-state index contributed by atoms with van der Waals surface area (Å²) in [7, 11) is 1.56. The van der Waals surface area contributed by atoms with Crippen LogP contribution in [0.25, 0.3) is 0 Å². The molecule has 20 heavy (non-hydrogen) atoms. The van der Waals surface area contributed by atoms with Crippen LogP contribution in [0.4, 0.5) is 0 Å². The van der Waals surface area contributed by atoms with Crippen molar-refractivity contribution in [1.29, 1.82) is 0 Å². The molecule has 0 bridgehead atoms. The molecule has 0 radical (unpaired) electrons. The molecule has 0 fully saturated rings. The Morgan fingerprint density at radius 3 is 2.50 bits per heavy atom. The minimum Gasteiger partial charge on any atom is -0.451 e. The molecule has 4 nitrogen and oxygen atoms in total. The smallest absolute Gasteiger partial charge is 0.185 e. The maximum Gasteiger partial charge on any atom is 0.185 e. The van der Waals surface area contributed by atoms with Gasteiger partial charge in [-0.1, -0.05) is 34.8 Å². The van der Waals surface area contributed by atoms with Crippen molar-refractivity contribution in [1.82, 2.24) is 9.97 Å². The van der Waals surface area contributed by atoms with Crippen molar-refractivity contribution < 1.29 is 9.47 Å². The van der Waals surface area contributed by atoms with E-state index in [0.29, 0.717) is 33.1 Å². The Hall–Kier alpha value is -1.07. The topological polar surface area (TPSA) is 44.2 Å². The second-order valence-corrected chi connectivity index (χ2v) is 5.16. The average molecular weight is 334 g/mol. The van der Waals surface area contributed by atoms with Crippen molar-refractivity contribution in [3.63, 3.8) is 0 Å². The summed E-state index contributed by atoms with van der Waals surface area (Å²) in [6.45, 7) is 2.05. The molecular formula is C13H11Cl3N2O2. The third-order valence-corrected chi connectivity index (χ3v) is 3.21. The summed E-state index contributed by atoms with van der Waals surface area (Å²) >= 11 is 18.0. The number of hydrogen-bond acceptors (Lipinski definition) is 4. The summed E-state index contributed by atoms with van der Waals surface area (Å²) in [5, 5.41) is 1.11. The normalized spacial score (nSPS) is 10.7. The van der Waals surface area contributed by atoms with Gasteiger partial charge in [0.15, 0.2) is 16.7 Å². The van der Waals surface area contributed by atoms with E-state index in [9.17, 15) is 0 Å². The first kappa shape index (κ1) is 15.3. The first-order chi connectivity index (χ1) is 9.51. The largest absolute Gasteiger partial charge is 0.451 e. The van der Waals surface area contributed by atoms with Gasteiger partial charge in [0.25, 0.3) is 0 Å². The number of ether oxygens (including phenoxy) is 2. The summed E-state index contributed by atoms with van der Waals surface area (Å²) in [5.74, 6) is 1.28. The molecule has 1 aromatic heterocycles. The van der Waals surface area contributed by atoms with Crippen LogP contribution in [0.5, 0.6) is 11.5 Å². The van der Waals surface area contributed by atoms with Gasteiger partial charge in [-0.05, 0) is 25.1 Å². The molecule has 0 atom stereocenters. The van der Waals surface area contributed by atoms with Crippen molar-refractivity contribution >= 4 is 34.8 Å². The van der Waals surface area contributed by atoms with Gasteiger partial charge in [0.05, 0.1) is 10.7 Å². The lowest BCUT2D eigenvalue weighted by molar-refractivity contribution is 0.177. The first-order valence-corrected chi connectivity index (χ1v) is 6.79. The van der Waals surface area contributed by atoms with Crippen LogP contribution >= 0.6 is 34.8 Å². The van der Waals surface area contributed by atoms with Crippen LogP contribution in [0.15, 0.2) is 18.2 Å². The third kappa shape index (κ3) is 3.52. The van der Waals surface area contributed by atoms with Crippen LogP contribution in [-0.2, 0) is 11.3 Å². The molecule has 7 heteroatoms. The van der Waals surface area contributed by atoms with Gasteiger partial charge in [0.2, 0.25) is 0 Å². The highest BCUT2D eigenvalue weighted by Gasteiger charge is 2.14. The lowest BCUT2D eigenvalue weighted by atomic mass is 10.3. The number of rotatable bonds is 4. The summed E-state index contributed by atoms with van der Waals surface area (Å²) in [5.41, 5.74) is 0.600. The fourth-order valence-corrected chi connectivity index (χ4v) is 2.28. The molecule has 0 aliphatic rings. The van der Waals surface area contributed by atoms with Crippen molar-refractivity contribution in [2.75, 3.05) is 7.11 Å². The Morgan fingerprint density at radius 1 is 1.15 bits per heavy atom. The summed E-state index contributed by atoms with van der Waals surface area (Å²) in [6, 6.07) is 4.91. The van der Waals surface area contributed by atoms with Gasteiger partial charge in [-0.2, -0.15) is 0 Å². The Labute approximate surface area is 131 Å². The van der Waals surface area contributed by atoms with Crippen LogP contribution in [0.1, 0.15) is 11.5 Å². The molecule has 0 saturated heterocycles. The molecular weight excluding hydrogens is 323 g/mol. The first-order valence-electron chi connectivity index (χ1n) is 5.66. The molecule has 0 aliphatic heterocycles. The number of halogens is 3. The number of hydrogen-bond donors (Lipinski definition) is 0. The van der Waals surface area contributed by atoms with E-state index < -0.39 is 0 Å². The highest BCUT2D eigenvalue weighted by molar-refractivity contribution is 6.35. The number of aromatic nitrogens is 2. The fraction of sp³-hybridized carbons (Fsp3) is 0.231. The Morgan fingerprint density at radius 2 is 1.90 bits per heavy atom. The molecule has 2 aromatic rings. The van der Waals surface area contributed by atoms with Crippen LogP contribution in [0, 0.1) is 6.92 Å². The zero-order valence-corrected chi connectivity index (χ0v) is 13.1. The van der Waals surface area contributed by atoms with Crippen molar-refractivity contribution in [2.45, 2.75) is 13.5 Å². The van der Waals surface area contributed by atoms with E-state index >= 15 is 0 Å². The molecule has 0 spiro atoms. The molecule has 1 heterocycles. The number of methoxy groups -OCH3 is 1. The van der Waals surface area contributed by atoms with Crippen LogP contribution in [0.2, 0.25) is 15.2 Å². The van der Waals surface area contributed by atoms with Crippen LogP contribution in [0.3, 0.4) is 0 Å². The van der Waals surface area contributed by atoms with Crippen molar-refractivity contribution in [2.24, 2.45) is 0 Å². The number of benzene rings is 1. The van der Waals surface area contributed by atoms with Gasteiger partial charge in [-0.15, -0.1) is 0 Å².